The molecule has 1 fully saturated rings. The molecule has 1 heterocycles. The smallest absolute Gasteiger partial charge is 0.237 e. The molecule has 2 unspecified atom stereocenters. The van der Waals surface area contributed by atoms with Crippen LogP contribution < -0.4 is 11.1 Å². The number of rotatable bonds is 9. The van der Waals surface area contributed by atoms with Gasteiger partial charge in [-0.05, 0) is 45.7 Å². The second-order valence-corrected chi connectivity index (χ2v) is 5.67. The number of nitrogens with two attached hydrogens (primary N) is 1. The highest BCUT2D eigenvalue weighted by molar-refractivity contribution is 5.84. The predicted octanol–water partition coefficient (Wildman–Crippen LogP) is 0.731. The number of hydrogen-bond acceptors (Lipinski definition) is 4. The van der Waals surface area contributed by atoms with Crippen molar-refractivity contribution in [2.24, 2.45) is 5.73 Å². The molecule has 0 spiro atoms. The lowest BCUT2D eigenvalue weighted by atomic mass is 9.94. The number of nitrogens with one attached hydrogen (secondary N) is 1. The van der Waals surface area contributed by atoms with E-state index in [1.165, 1.54) is 0 Å². The molecular weight excluding hydrogens is 242 g/mol. The van der Waals surface area contributed by atoms with Gasteiger partial charge in [0.25, 0.3) is 0 Å². The summed E-state index contributed by atoms with van der Waals surface area (Å²) in [4.78, 5) is 14.0. The molecule has 0 aromatic carbocycles. The zero-order valence-electron chi connectivity index (χ0n) is 12.6. The number of nitrogens with zero attached hydrogens (tertiary/aromatic N) is 1. The van der Waals surface area contributed by atoms with Crippen molar-refractivity contribution in [1.29, 1.82) is 0 Å². The van der Waals surface area contributed by atoms with Crippen LogP contribution in [0, 0.1) is 0 Å². The van der Waals surface area contributed by atoms with Crippen LogP contribution in [0.3, 0.4) is 0 Å². The summed E-state index contributed by atoms with van der Waals surface area (Å²) in [5.41, 5.74) is 4.94. The van der Waals surface area contributed by atoms with Crippen LogP contribution in [0.1, 0.15) is 39.5 Å². The van der Waals surface area contributed by atoms with E-state index in [1.807, 2.05) is 6.92 Å². The fourth-order valence-corrected chi connectivity index (χ4v) is 2.55. The van der Waals surface area contributed by atoms with E-state index in [4.69, 9.17) is 10.5 Å². The molecule has 0 aromatic heterocycles. The maximum atomic E-state index is 11.6. The van der Waals surface area contributed by atoms with Crippen LogP contribution in [0.15, 0.2) is 0 Å². The molecule has 112 valence electrons. The quantitative estimate of drug-likeness (QED) is 0.649. The molecule has 2 atom stereocenters. The minimum Gasteiger partial charge on any atom is -0.380 e. The molecule has 19 heavy (non-hydrogen) atoms. The van der Waals surface area contributed by atoms with Crippen molar-refractivity contribution in [3.63, 3.8) is 0 Å². The van der Waals surface area contributed by atoms with Gasteiger partial charge in [-0.15, -0.1) is 0 Å². The van der Waals surface area contributed by atoms with Gasteiger partial charge in [0.1, 0.15) is 0 Å². The fraction of sp³-hybridized carbons (Fsp3) is 0.929. The number of amides is 1. The molecule has 5 heteroatoms. The van der Waals surface area contributed by atoms with Crippen molar-refractivity contribution in [2.75, 3.05) is 33.3 Å². The van der Waals surface area contributed by atoms with Gasteiger partial charge in [0.2, 0.25) is 5.91 Å². The summed E-state index contributed by atoms with van der Waals surface area (Å²) >= 11 is 0. The number of primary amides is 1. The molecule has 5 nitrogen and oxygen atoms in total. The molecule has 0 radical (unpaired) electrons. The Morgan fingerprint density at radius 1 is 1.58 bits per heavy atom. The van der Waals surface area contributed by atoms with Crippen molar-refractivity contribution in [1.82, 2.24) is 10.2 Å². The van der Waals surface area contributed by atoms with Crippen molar-refractivity contribution in [2.45, 2.75) is 51.2 Å². The first kappa shape index (κ1) is 16.4. The molecular formula is C14H29N3O2. The molecule has 1 amide bonds. The van der Waals surface area contributed by atoms with E-state index in [-0.39, 0.29) is 5.91 Å². The minimum atomic E-state index is -0.573. The van der Waals surface area contributed by atoms with Gasteiger partial charge in [0.15, 0.2) is 0 Å². The molecule has 0 aromatic rings. The first-order chi connectivity index (χ1) is 9.01. The average Bonchev–Trinajstić information content (AvgIpc) is 2.84. The van der Waals surface area contributed by atoms with Crippen molar-refractivity contribution < 1.29 is 9.53 Å². The van der Waals surface area contributed by atoms with E-state index in [0.29, 0.717) is 6.10 Å². The zero-order valence-corrected chi connectivity index (χ0v) is 12.6. The van der Waals surface area contributed by atoms with Crippen molar-refractivity contribution in [3.05, 3.63) is 0 Å². The highest BCUT2D eigenvalue weighted by atomic mass is 16.5. The largest absolute Gasteiger partial charge is 0.380 e. The Labute approximate surface area is 116 Å². The number of carbonyl (C=O) groups is 1. The van der Waals surface area contributed by atoms with Crippen LogP contribution in [0.5, 0.6) is 0 Å². The van der Waals surface area contributed by atoms with Gasteiger partial charge in [-0.25, -0.2) is 0 Å². The summed E-state index contributed by atoms with van der Waals surface area (Å²) in [7, 11) is 1.77. The monoisotopic (exact) mass is 271 g/mol. The van der Waals surface area contributed by atoms with E-state index in [1.54, 1.807) is 7.11 Å². The van der Waals surface area contributed by atoms with E-state index in [0.717, 1.165) is 51.9 Å². The number of likely N-dealkylation sites (tertiary alicyclic amines) is 1. The lowest BCUT2D eigenvalue weighted by molar-refractivity contribution is -0.124. The van der Waals surface area contributed by atoms with Gasteiger partial charge in [-0.3, -0.25) is 4.79 Å². The third-order valence-corrected chi connectivity index (χ3v) is 4.02. The van der Waals surface area contributed by atoms with Gasteiger partial charge < -0.3 is 20.7 Å². The van der Waals surface area contributed by atoms with Crippen molar-refractivity contribution >= 4 is 5.91 Å². The standard InChI is InChI=1S/C14H29N3O2/c1-4-8-16-14(2,13(15)18)7-5-9-17-10-6-12(11-17)19-3/h12,16H,4-11H2,1-3H3,(H2,15,18). The van der Waals surface area contributed by atoms with Gasteiger partial charge in [-0.1, -0.05) is 6.92 Å². The first-order valence-corrected chi connectivity index (χ1v) is 7.32. The highest BCUT2D eigenvalue weighted by Gasteiger charge is 2.30. The van der Waals surface area contributed by atoms with Crippen LogP contribution in [-0.2, 0) is 9.53 Å². The fourth-order valence-electron chi connectivity index (χ4n) is 2.55. The van der Waals surface area contributed by atoms with Gasteiger partial charge >= 0.3 is 0 Å². The third-order valence-electron chi connectivity index (χ3n) is 4.02. The second-order valence-electron chi connectivity index (χ2n) is 5.67. The third kappa shape index (κ3) is 5.09. The normalized spacial score (nSPS) is 23.4. The van der Waals surface area contributed by atoms with Gasteiger partial charge in [0, 0.05) is 20.2 Å². The van der Waals surface area contributed by atoms with Crippen LogP contribution in [-0.4, -0.2) is 55.7 Å². The molecule has 1 saturated heterocycles. The Hall–Kier alpha value is -0.650. The molecule has 0 saturated carbocycles. The lowest BCUT2D eigenvalue weighted by Gasteiger charge is -2.28. The van der Waals surface area contributed by atoms with Gasteiger partial charge in [0.05, 0.1) is 11.6 Å². The predicted molar refractivity (Wildman–Crippen MR) is 77.0 cm³/mol. The topological polar surface area (TPSA) is 67.6 Å². The second kappa shape index (κ2) is 7.82. The number of methoxy groups -OCH3 is 1. The Morgan fingerprint density at radius 2 is 2.32 bits per heavy atom. The van der Waals surface area contributed by atoms with E-state index < -0.39 is 5.54 Å². The number of carbonyl (C=O) groups excluding carboxylic acids is 1. The SMILES string of the molecule is CCCNC(C)(CCCN1CCC(OC)C1)C(N)=O. The molecule has 3 N–H and O–H groups in total. The summed E-state index contributed by atoms with van der Waals surface area (Å²) in [5, 5.41) is 3.27. The maximum absolute atomic E-state index is 11.6. The summed E-state index contributed by atoms with van der Waals surface area (Å²) < 4.78 is 5.35. The van der Waals surface area contributed by atoms with Crippen LogP contribution in [0.2, 0.25) is 0 Å². The Kier molecular flexibility index (Phi) is 6.75. The lowest BCUT2D eigenvalue weighted by Crippen LogP contribution is -2.53. The molecule has 1 aliphatic rings. The minimum absolute atomic E-state index is 0.253. The van der Waals surface area contributed by atoms with Crippen molar-refractivity contribution in [3.8, 4) is 0 Å². The Morgan fingerprint density at radius 3 is 2.84 bits per heavy atom. The molecule has 1 aliphatic heterocycles. The van der Waals surface area contributed by atoms with Gasteiger partial charge in [-0.2, -0.15) is 0 Å². The van der Waals surface area contributed by atoms with Crippen LogP contribution >= 0.6 is 0 Å². The summed E-state index contributed by atoms with van der Waals surface area (Å²) in [6.07, 6.45) is 4.26. The van der Waals surface area contributed by atoms with Crippen LogP contribution in [0.25, 0.3) is 0 Å². The summed E-state index contributed by atoms with van der Waals surface area (Å²) in [6.45, 7) is 7.93. The Bertz CT molecular complexity index is 286. The first-order valence-electron chi connectivity index (χ1n) is 7.32. The number of hydrogen-bond donors (Lipinski definition) is 2. The highest BCUT2D eigenvalue weighted by Crippen LogP contribution is 2.16. The van der Waals surface area contributed by atoms with E-state index >= 15 is 0 Å². The van der Waals surface area contributed by atoms with E-state index in [9.17, 15) is 4.79 Å². The number of ether oxygens (including phenoxy) is 1. The molecule has 0 bridgehead atoms. The molecule has 0 aliphatic carbocycles. The van der Waals surface area contributed by atoms with E-state index in [2.05, 4.69) is 17.1 Å². The summed E-state index contributed by atoms with van der Waals surface area (Å²) in [6, 6.07) is 0. The van der Waals surface area contributed by atoms with Crippen LogP contribution in [0.4, 0.5) is 0 Å². The summed E-state index contributed by atoms with van der Waals surface area (Å²) in [5.74, 6) is -0.253. The maximum Gasteiger partial charge on any atom is 0.237 e. The average molecular weight is 271 g/mol. The molecule has 1 rings (SSSR count). The Balaban J connectivity index is 2.30. The zero-order chi connectivity index (χ0) is 14.3.